The van der Waals surface area contributed by atoms with Crippen molar-refractivity contribution in [2.24, 2.45) is 11.8 Å². The molecule has 1 aliphatic carbocycles. The topological polar surface area (TPSA) is 49.4 Å². The van der Waals surface area contributed by atoms with Gasteiger partial charge in [0, 0.05) is 12.6 Å². The summed E-state index contributed by atoms with van der Waals surface area (Å²) in [6.07, 6.45) is 4.80. The summed E-state index contributed by atoms with van der Waals surface area (Å²) in [7, 11) is 0. The van der Waals surface area contributed by atoms with Gasteiger partial charge in [0.05, 0.1) is 12.5 Å². The van der Waals surface area contributed by atoms with Gasteiger partial charge in [-0.05, 0) is 24.7 Å². The van der Waals surface area contributed by atoms with Crippen LogP contribution in [0.25, 0.3) is 0 Å². The zero-order valence-electron chi connectivity index (χ0n) is 12.3. The first kappa shape index (κ1) is 14.5. The molecule has 1 heterocycles. The molecule has 1 saturated carbocycles. The highest BCUT2D eigenvalue weighted by molar-refractivity contribution is 6.05. The summed E-state index contributed by atoms with van der Waals surface area (Å²) in [4.78, 5) is 25.5. The van der Waals surface area contributed by atoms with E-state index >= 15 is 0 Å². The van der Waals surface area contributed by atoms with Crippen molar-refractivity contribution in [3.8, 4) is 0 Å². The number of nitrogens with zero attached hydrogens (tertiary/aromatic N) is 1. The van der Waals surface area contributed by atoms with Gasteiger partial charge in [0.25, 0.3) is 0 Å². The van der Waals surface area contributed by atoms with E-state index in [9.17, 15) is 9.59 Å². The Bertz CT molecular complexity index is 356. The zero-order valence-corrected chi connectivity index (χ0v) is 12.3. The molecule has 19 heavy (non-hydrogen) atoms. The Morgan fingerprint density at radius 1 is 1.26 bits per heavy atom. The van der Waals surface area contributed by atoms with Crippen molar-refractivity contribution in [2.75, 3.05) is 6.54 Å². The van der Waals surface area contributed by atoms with Gasteiger partial charge in [0.15, 0.2) is 0 Å². The minimum Gasteiger partial charge on any atom is -0.302 e. The summed E-state index contributed by atoms with van der Waals surface area (Å²) in [6, 6.07) is 0.101. The number of hydrogen-bond acceptors (Lipinski definition) is 3. The number of carbonyl (C=O) groups excluding carboxylic acids is 2. The van der Waals surface area contributed by atoms with Gasteiger partial charge in [-0.15, -0.1) is 0 Å². The molecule has 2 rings (SSSR count). The molecule has 2 amide bonds. The van der Waals surface area contributed by atoms with Crippen molar-refractivity contribution in [1.29, 1.82) is 0 Å². The lowest BCUT2D eigenvalue weighted by Gasteiger charge is -2.36. The smallest absolute Gasteiger partial charge is 0.246 e. The number of rotatable bonds is 4. The number of imide groups is 1. The van der Waals surface area contributed by atoms with E-state index in [0.29, 0.717) is 30.8 Å². The molecule has 2 aliphatic rings. The molecule has 0 aromatic rings. The third-order valence-corrected chi connectivity index (χ3v) is 4.81. The zero-order chi connectivity index (χ0) is 14.0. The quantitative estimate of drug-likeness (QED) is 0.791. The lowest BCUT2D eigenvalue weighted by molar-refractivity contribution is -0.138. The summed E-state index contributed by atoms with van der Waals surface area (Å²) < 4.78 is 0. The Kier molecular flexibility index (Phi) is 4.61. The molecule has 1 aliphatic heterocycles. The normalized spacial score (nSPS) is 36.1. The summed E-state index contributed by atoms with van der Waals surface area (Å²) in [6.45, 7) is 7.09. The second kappa shape index (κ2) is 6.04. The monoisotopic (exact) mass is 266 g/mol. The van der Waals surface area contributed by atoms with Gasteiger partial charge in [0.2, 0.25) is 11.8 Å². The van der Waals surface area contributed by atoms with E-state index in [0.717, 1.165) is 12.8 Å². The van der Waals surface area contributed by atoms with Crippen LogP contribution in [-0.4, -0.2) is 35.3 Å². The van der Waals surface area contributed by atoms with Crippen molar-refractivity contribution in [1.82, 2.24) is 10.2 Å². The second-order valence-electron chi connectivity index (χ2n) is 6.18. The SMILES string of the molecule is CCCN1C(=O)CC(NC2CCCC(C)C2C)C1=O. The van der Waals surface area contributed by atoms with Crippen molar-refractivity contribution >= 4 is 11.8 Å². The van der Waals surface area contributed by atoms with Crippen LogP contribution in [0.15, 0.2) is 0 Å². The maximum Gasteiger partial charge on any atom is 0.246 e. The average molecular weight is 266 g/mol. The van der Waals surface area contributed by atoms with E-state index in [2.05, 4.69) is 19.2 Å². The van der Waals surface area contributed by atoms with Crippen LogP contribution < -0.4 is 5.32 Å². The number of carbonyl (C=O) groups is 2. The van der Waals surface area contributed by atoms with E-state index in [1.54, 1.807) is 0 Å². The van der Waals surface area contributed by atoms with E-state index in [1.165, 1.54) is 17.7 Å². The van der Waals surface area contributed by atoms with Crippen LogP contribution in [0.1, 0.15) is 52.9 Å². The van der Waals surface area contributed by atoms with Crippen molar-refractivity contribution < 1.29 is 9.59 Å². The lowest BCUT2D eigenvalue weighted by atomic mass is 9.78. The van der Waals surface area contributed by atoms with E-state index in [4.69, 9.17) is 0 Å². The molecule has 4 nitrogen and oxygen atoms in total. The lowest BCUT2D eigenvalue weighted by Crippen LogP contribution is -2.48. The van der Waals surface area contributed by atoms with Crippen molar-refractivity contribution in [3.63, 3.8) is 0 Å². The first-order valence-electron chi connectivity index (χ1n) is 7.64. The summed E-state index contributed by atoms with van der Waals surface area (Å²) in [5.74, 6) is 1.25. The number of amides is 2. The van der Waals surface area contributed by atoms with Gasteiger partial charge in [-0.3, -0.25) is 14.5 Å². The number of likely N-dealkylation sites (tertiary alicyclic amines) is 1. The fourth-order valence-corrected chi connectivity index (χ4v) is 3.35. The summed E-state index contributed by atoms with van der Waals surface area (Å²) in [5.41, 5.74) is 0. The maximum absolute atomic E-state index is 12.2. The Morgan fingerprint density at radius 2 is 2.00 bits per heavy atom. The number of hydrogen-bond donors (Lipinski definition) is 1. The molecule has 4 atom stereocenters. The average Bonchev–Trinajstić information content (AvgIpc) is 2.63. The van der Waals surface area contributed by atoms with Crippen LogP contribution in [-0.2, 0) is 9.59 Å². The Labute approximate surface area is 115 Å². The minimum atomic E-state index is -0.281. The van der Waals surface area contributed by atoms with Gasteiger partial charge >= 0.3 is 0 Å². The van der Waals surface area contributed by atoms with Crippen LogP contribution in [0.4, 0.5) is 0 Å². The summed E-state index contributed by atoms with van der Waals surface area (Å²) in [5, 5.41) is 3.45. The highest BCUT2D eigenvalue weighted by atomic mass is 16.2. The fourth-order valence-electron chi connectivity index (χ4n) is 3.35. The van der Waals surface area contributed by atoms with Gasteiger partial charge in [-0.2, -0.15) is 0 Å². The third kappa shape index (κ3) is 2.99. The Morgan fingerprint density at radius 3 is 2.68 bits per heavy atom. The molecular formula is C15H26N2O2. The van der Waals surface area contributed by atoms with E-state index < -0.39 is 0 Å². The largest absolute Gasteiger partial charge is 0.302 e. The van der Waals surface area contributed by atoms with Crippen molar-refractivity contribution in [2.45, 2.75) is 65.0 Å². The molecule has 108 valence electrons. The second-order valence-corrected chi connectivity index (χ2v) is 6.18. The van der Waals surface area contributed by atoms with Crippen molar-refractivity contribution in [3.05, 3.63) is 0 Å². The molecule has 1 N–H and O–H groups in total. The molecule has 2 fully saturated rings. The van der Waals surface area contributed by atoms with Gasteiger partial charge in [-0.1, -0.05) is 33.6 Å². The molecular weight excluding hydrogens is 240 g/mol. The highest BCUT2D eigenvalue weighted by Crippen LogP contribution is 2.30. The molecule has 0 aromatic carbocycles. The molecule has 0 spiro atoms. The molecule has 1 saturated heterocycles. The molecule has 0 bridgehead atoms. The first-order chi connectivity index (χ1) is 9.04. The van der Waals surface area contributed by atoms with Gasteiger partial charge in [-0.25, -0.2) is 0 Å². The molecule has 4 unspecified atom stereocenters. The molecule has 0 aromatic heterocycles. The van der Waals surface area contributed by atoms with E-state index in [1.807, 2.05) is 6.92 Å². The third-order valence-electron chi connectivity index (χ3n) is 4.81. The Hall–Kier alpha value is -0.900. The standard InChI is InChI=1S/C15H26N2O2/c1-4-8-17-14(18)9-13(15(17)19)16-12-7-5-6-10(2)11(12)3/h10-13,16H,4-9H2,1-3H3. The fraction of sp³-hybridized carbons (Fsp3) is 0.867. The number of nitrogens with one attached hydrogen (secondary N) is 1. The van der Waals surface area contributed by atoms with Crippen LogP contribution in [0.3, 0.4) is 0 Å². The predicted molar refractivity (Wildman–Crippen MR) is 74.5 cm³/mol. The molecule has 4 heteroatoms. The predicted octanol–water partition coefficient (Wildman–Crippen LogP) is 1.94. The first-order valence-corrected chi connectivity index (χ1v) is 7.64. The highest BCUT2D eigenvalue weighted by Gasteiger charge is 2.40. The van der Waals surface area contributed by atoms with E-state index in [-0.39, 0.29) is 17.9 Å². The van der Waals surface area contributed by atoms with Gasteiger partial charge in [0.1, 0.15) is 0 Å². The molecule has 0 radical (unpaired) electrons. The van der Waals surface area contributed by atoms with Crippen LogP contribution in [0, 0.1) is 11.8 Å². The van der Waals surface area contributed by atoms with Crippen LogP contribution >= 0.6 is 0 Å². The van der Waals surface area contributed by atoms with Crippen LogP contribution in [0.2, 0.25) is 0 Å². The van der Waals surface area contributed by atoms with Crippen LogP contribution in [0.5, 0.6) is 0 Å². The Balaban J connectivity index is 1.96. The summed E-state index contributed by atoms with van der Waals surface area (Å²) >= 11 is 0. The maximum atomic E-state index is 12.2. The van der Waals surface area contributed by atoms with Gasteiger partial charge < -0.3 is 5.32 Å². The minimum absolute atomic E-state index is 0.0131.